The Kier molecular flexibility index (Phi) is 3.90. The summed E-state index contributed by atoms with van der Waals surface area (Å²) in [4.78, 5) is 4.49. The van der Waals surface area contributed by atoms with E-state index in [1.165, 1.54) is 5.56 Å². The smallest absolute Gasteiger partial charge is 0.231 e. The van der Waals surface area contributed by atoms with Crippen LogP contribution in [-0.4, -0.2) is 16.3 Å². The maximum absolute atomic E-state index is 5.45. The van der Waals surface area contributed by atoms with E-state index in [0.717, 1.165) is 39.7 Å². The molecule has 0 saturated heterocycles. The fourth-order valence-corrected chi connectivity index (χ4v) is 2.95. The lowest BCUT2D eigenvalue weighted by Crippen LogP contribution is -2.05. The highest BCUT2D eigenvalue weighted by Gasteiger charge is 2.16. The summed E-state index contributed by atoms with van der Waals surface area (Å²) in [5.74, 6) is 2.39. The Labute approximate surface area is 148 Å². The number of fused-ring (bicyclic) bond motifs is 1. The molecule has 0 spiro atoms. The van der Waals surface area contributed by atoms with Crippen molar-refractivity contribution >= 4 is 21.9 Å². The molecule has 2 aromatic carbocycles. The number of aromatic nitrogens is 2. The van der Waals surface area contributed by atoms with E-state index in [9.17, 15) is 0 Å². The third-order valence-corrected chi connectivity index (χ3v) is 4.55. The number of nitrogens with one attached hydrogen (secondary N) is 1. The van der Waals surface area contributed by atoms with Crippen LogP contribution < -0.4 is 14.8 Å². The maximum atomic E-state index is 5.45. The van der Waals surface area contributed by atoms with E-state index in [0.29, 0.717) is 0 Å². The number of ether oxygens (including phenoxy) is 2. The summed E-state index contributed by atoms with van der Waals surface area (Å²) in [5, 5.41) is 3.37. The van der Waals surface area contributed by atoms with Crippen molar-refractivity contribution in [3.8, 4) is 22.8 Å². The van der Waals surface area contributed by atoms with Gasteiger partial charge in [0.15, 0.2) is 11.5 Å². The zero-order valence-corrected chi connectivity index (χ0v) is 14.7. The van der Waals surface area contributed by atoms with E-state index in [4.69, 9.17) is 9.47 Å². The number of hydrogen-bond acceptors (Lipinski definition) is 4. The van der Waals surface area contributed by atoms with Crippen molar-refractivity contribution in [1.29, 1.82) is 0 Å². The Hall–Kier alpha value is -2.47. The van der Waals surface area contributed by atoms with Gasteiger partial charge in [0.2, 0.25) is 12.7 Å². The monoisotopic (exact) mass is 385 g/mol. The van der Waals surface area contributed by atoms with Crippen molar-refractivity contribution in [3.63, 3.8) is 0 Å². The molecule has 0 unspecified atom stereocenters. The normalized spacial score (nSPS) is 12.4. The highest BCUT2D eigenvalue weighted by Crippen LogP contribution is 2.36. The summed E-state index contributed by atoms with van der Waals surface area (Å²) in [7, 11) is 2.00. The molecule has 0 amide bonds. The molecular weight excluding hydrogens is 370 g/mol. The van der Waals surface area contributed by atoms with Gasteiger partial charge in [-0.2, -0.15) is 0 Å². The Morgan fingerprint density at radius 2 is 1.92 bits per heavy atom. The van der Waals surface area contributed by atoms with E-state index in [2.05, 4.69) is 38.4 Å². The van der Waals surface area contributed by atoms with E-state index in [1.807, 2.05) is 48.1 Å². The summed E-state index contributed by atoms with van der Waals surface area (Å²) in [6.07, 6.45) is 1.86. The van der Waals surface area contributed by atoms with Crippen LogP contribution in [0.15, 0.2) is 53.1 Å². The van der Waals surface area contributed by atoms with Crippen molar-refractivity contribution in [1.82, 2.24) is 9.55 Å². The van der Waals surface area contributed by atoms with Crippen LogP contribution in [0.5, 0.6) is 11.5 Å². The van der Waals surface area contributed by atoms with Crippen LogP contribution in [0, 0.1) is 0 Å². The molecule has 5 nitrogen and oxygen atoms in total. The molecule has 1 aliphatic heterocycles. The molecule has 3 aromatic rings. The average molecular weight is 386 g/mol. The van der Waals surface area contributed by atoms with Crippen molar-refractivity contribution < 1.29 is 9.47 Å². The third kappa shape index (κ3) is 2.85. The molecule has 4 rings (SSSR count). The number of rotatable bonds is 4. The fourth-order valence-electron chi connectivity index (χ4n) is 2.68. The fraction of sp³-hybridized carbons (Fsp3) is 0.167. The first-order chi connectivity index (χ1) is 11.7. The average Bonchev–Trinajstić information content (AvgIpc) is 3.20. The molecule has 0 saturated carbocycles. The number of benzene rings is 2. The highest BCUT2D eigenvalue weighted by molar-refractivity contribution is 9.10. The second kappa shape index (κ2) is 6.20. The largest absolute Gasteiger partial charge is 0.454 e. The van der Waals surface area contributed by atoms with Crippen molar-refractivity contribution in [2.45, 2.75) is 6.54 Å². The molecule has 0 bridgehead atoms. The van der Waals surface area contributed by atoms with Crippen LogP contribution in [0.3, 0.4) is 0 Å². The Morgan fingerprint density at radius 3 is 2.75 bits per heavy atom. The molecule has 0 radical (unpaired) electrons. The molecule has 6 heteroatoms. The number of nitrogens with zero attached hydrogens (tertiary/aromatic N) is 2. The predicted octanol–water partition coefficient (Wildman–Crippen LogP) is 4.19. The van der Waals surface area contributed by atoms with E-state index in [1.54, 1.807) is 0 Å². The van der Waals surface area contributed by atoms with E-state index < -0.39 is 0 Å². The summed E-state index contributed by atoms with van der Waals surface area (Å²) in [6.45, 7) is 1.00. The van der Waals surface area contributed by atoms with Crippen LogP contribution in [0.4, 0.5) is 5.95 Å². The Morgan fingerprint density at radius 1 is 1.12 bits per heavy atom. The third-order valence-electron chi connectivity index (χ3n) is 4.02. The van der Waals surface area contributed by atoms with Gasteiger partial charge in [-0.15, -0.1) is 0 Å². The quantitative estimate of drug-likeness (QED) is 0.731. The van der Waals surface area contributed by atoms with Crippen LogP contribution in [0.2, 0.25) is 0 Å². The predicted molar refractivity (Wildman–Crippen MR) is 96.2 cm³/mol. The molecule has 1 aliphatic rings. The van der Waals surface area contributed by atoms with Gasteiger partial charge in [0.1, 0.15) is 0 Å². The van der Waals surface area contributed by atoms with Crippen LogP contribution in [0.1, 0.15) is 5.56 Å². The van der Waals surface area contributed by atoms with Gasteiger partial charge >= 0.3 is 0 Å². The van der Waals surface area contributed by atoms with Crippen LogP contribution >= 0.6 is 15.9 Å². The second-order valence-corrected chi connectivity index (χ2v) is 6.49. The lowest BCUT2D eigenvalue weighted by Gasteiger charge is -2.09. The maximum Gasteiger partial charge on any atom is 0.231 e. The Bertz CT molecular complexity index is 874. The summed E-state index contributed by atoms with van der Waals surface area (Å²) in [6, 6.07) is 14.2. The molecule has 1 aromatic heterocycles. The van der Waals surface area contributed by atoms with Gasteiger partial charge in [0.25, 0.3) is 0 Å². The molecule has 0 atom stereocenters. The standard InChI is InChI=1S/C18H16BrN3O2/c1-22-15(13-4-7-16-17(8-13)24-11-23-16)10-21-18(22)20-9-12-2-5-14(19)6-3-12/h2-8,10H,9,11H2,1H3,(H,20,21). The zero-order valence-electron chi connectivity index (χ0n) is 13.1. The minimum absolute atomic E-state index is 0.282. The topological polar surface area (TPSA) is 48.3 Å². The molecule has 24 heavy (non-hydrogen) atoms. The van der Waals surface area contributed by atoms with Crippen LogP contribution in [0.25, 0.3) is 11.3 Å². The molecule has 1 N–H and O–H groups in total. The first-order valence-corrected chi connectivity index (χ1v) is 8.40. The summed E-state index contributed by atoms with van der Waals surface area (Å²) in [5.41, 5.74) is 3.27. The van der Waals surface area contributed by atoms with Gasteiger partial charge in [-0.25, -0.2) is 4.98 Å². The first kappa shape index (κ1) is 15.1. The first-order valence-electron chi connectivity index (χ1n) is 7.61. The van der Waals surface area contributed by atoms with Gasteiger partial charge < -0.3 is 19.4 Å². The molecule has 0 aliphatic carbocycles. The summed E-state index contributed by atoms with van der Waals surface area (Å²) >= 11 is 3.45. The molecule has 2 heterocycles. The number of hydrogen-bond donors (Lipinski definition) is 1. The van der Waals surface area contributed by atoms with E-state index in [-0.39, 0.29) is 6.79 Å². The highest BCUT2D eigenvalue weighted by atomic mass is 79.9. The van der Waals surface area contributed by atoms with Gasteiger partial charge in [-0.05, 0) is 35.9 Å². The number of halogens is 1. The summed E-state index contributed by atoms with van der Waals surface area (Å²) < 4.78 is 13.9. The van der Waals surface area contributed by atoms with Crippen molar-refractivity contribution in [2.75, 3.05) is 12.1 Å². The lowest BCUT2D eigenvalue weighted by atomic mass is 10.1. The molecule has 122 valence electrons. The minimum atomic E-state index is 0.282. The van der Waals surface area contributed by atoms with Gasteiger partial charge in [-0.3, -0.25) is 0 Å². The van der Waals surface area contributed by atoms with Gasteiger partial charge in [0, 0.05) is 23.6 Å². The van der Waals surface area contributed by atoms with Gasteiger partial charge in [-0.1, -0.05) is 28.1 Å². The van der Waals surface area contributed by atoms with E-state index >= 15 is 0 Å². The van der Waals surface area contributed by atoms with Crippen molar-refractivity contribution in [3.05, 3.63) is 58.7 Å². The SMILES string of the molecule is Cn1c(-c2ccc3c(c2)OCO3)cnc1NCc1ccc(Br)cc1. The van der Waals surface area contributed by atoms with Crippen molar-refractivity contribution in [2.24, 2.45) is 7.05 Å². The lowest BCUT2D eigenvalue weighted by molar-refractivity contribution is 0.174. The number of anilines is 1. The minimum Gasteiger partial charge on any atom is -0.454 e. The number of imidazole rings is 1. The second-order valence-electron chi connectivity index (χ2n) is 5.57. The molecular formula is C18H16BrN3O2. The molecule has 0 fully saturated rings. The van der Waals surface area contributed by atoms with Gasteiger partial charge in [0.05, 0.1) is 11.9 Å². The Balaban J connectivity index is 1.53. The van der Waals surface area contributed by atoms with Crippen LogP contribution in [-0.2, 0) is 13.6 Å². The zero-order chi connectivity index (χ0) is 16.5.